The van der Waals surface area contributed by atoms with Gasteiger partial charge in [-0.05, 0) is 43.5 Å². The van der Waals surface area contributed by atoms with Crippen molar-refractivity contribution < 1.29 is 0 Å². The van der Waals surface area contributed by atoms with Gasteiger partial charge in [0.25, 0.3) is 0 Å². The van der Waals surface area contributed by atoms with E-state index in [0.717, 1.165) is 23.2 Å². The van der Waals surface area contributed by atoms with Gasteiger partial charge in [0.2, 0.25) is 0 Å². The van der Waals surface area contributed by atoms with Crippen LogP contribution in [0.15, 0.2) is 24.8 Å². The van der Waals surface area contributed by atoms with Gasteiger partial charge in [0.15, 0.2) is 0 Å². The molecule has 2 N–H and O–H groups in total. The maximum atomic E-state index is 5.88. The van der Waals surface area contributed by atoms with Crippen molar-refractivity contribution in [1.29, 1.82) is 0 Å². The molecular weight excluding hydrogens is 170 g/mol. The maximum absolute atomic E-state index is 5.88. The Labute approximate surface area is 85.6 Å². The van der Waals surface area contributed by atoms with Crippen LogP contribution in [0.3, 0.4) is 0 Å². The molecule has 72 valence electrons. The largest absolute Gasteiger partial charge is 0.398 e. The Hall–Kier alpha value is -1.68. The van der Waals surface area contributed by atoms with Crippen LogP contribution >= 0.6 is 0 Å². The van der Waals surface area contributed by atoms with E-state index in [1.807, 2.05) is 26.0 Å². The summed E-state index contributed by atoms with van der Waals surface area (Å²) in [5.74, 6) is 5.88. The number of anilines is 1. The van der Waals surface area contributed by atoms with Crippen molar-refractivity contribution in [2.24, 2.45) is 0 Å². The predicted molar refractivity (Wildman–Crippen MR) is 62.0 cm³/mol. The zero-order valence-corrected chi connectivity index (χ0v) is 8.72. The van der Waals surface area contributed by atoms with Gasteiger partial charge in [-0.15, -0.1) is 12.5 Å². The highest BCUT2D eigenvalue weighted by molar-refractivity contribution is 5.56. The lowest BCUT2D eigenvalue weighted by atomic mass is 10.0. The van der Waals surface area contributed by atoms with Gasteiger partial charge in [-0.2, -0.15) is 0 Å². The van der Waals surface area contributed by atoms with E-state index >= 15 is 0 Å². The van der Waals surface area contributed by atoms with Crippen molar-refractivity contribution in [3.63, 3.8) is 0 Å². The average molecular weight is 185 g/mol. The normalized spacial score (nSPS) is 9.00. The van der Waals surface area contributed by atoms with Crippen molar-refractivity contribution in [1.82, 2.24) is 0 Å². The molecule has 1 heteroatoms. The van der Waals surface area contributed by atoms with Gasteiger partial charge >= 0.3 is 0 Å². The molecule has 0 aliphatic carbocycles. The molecule has 0 unspecified atom stereocenters. The van der Waals surface area contributed by atoms with Crippen molar-refractivity contribution in [3.05, 3.63) is 41.5 Å². The van der Waals surface area contributed by atoms with E-state index in [-0.39, 0.29) is 0 Å². The summed E-state index contributed by atoms with van der Waals surface area (Å²) < 4.78 is 0. The fraction of sp³-hybridized carbons (Fsp3) is 0.231. The molecule has 0 amide bonds. The van der Waals surface area contributed by atoms with Gasteiger partial charge in [0.05, 0.1) is 0 Å². The van der Waals surface area contributed by atoms with Crippen LogP contribution in [0, 0.1) is 18.8 Å². The van der Waals surface area contributed by atoms with E-state index in [4.69, 9.17) is 5.73 Å². The first-order valence-electron chi connectivity index (χ1n) is 4.61. The van der Waals surface area contributed by atoms with E-state index in [1.165, 1.54) is 5.56 Å². The smallest absolute Gasteiger partial charge is 0.0359 e. The van der Waals surface area contributed by atoms with Crippen LogP contribution in [0.5, 0.6) is 0 Å². The van der Waals surface area contributed by atoms with Crippen LogP contribution in [0.2, 0.25) is 0 Å². The third-order valence-corrected chi connectivity index (χ3v) is 2.19. The monoisotopic (exact) mass is 185 g/mol. The van der Waals surface area contributed by atoms with Crippen molar-refractivity contribution >= 4 is 5.69 Å². The molecule has 0 spiro atoms. The Morgan fingerprint density at radius 3 is 2.79 bits per heavy atom. The molecule has 1 rings (SSSR count). The number of hydrogen-bond donors (Lipinski definition) is 1. The minimum absolute atomic E-state index is 0.808. The molecule has 1 aromatic carbocycles. The summed E-state index contributed by atoms with van der Waals surface area (Å²) in [6, 6.07) is 3.99. The Bertz CT molecular complexity index is 405. The molecule has 0 saturated carbocycles. The van der Waals surface area contributed by atoms with Crippen LogP contribution < -0.4 is 5.73 Å². The zero-order chi connectivity index (χ0) is 10.6. The second kappa shape index (κ2) is 4.53. The highest BCUT2D eigenvalue weighted by atomic mass is 14.6. The second-order valence-corrected chi connectivity index (χ2v) is 3.22. The zero-order valence-electron chi connectivity index (χ0n) is 8.72. The molecule has 0 fully saturated rings. The van der Waals surface area contributed by atoms with Crippen LogP contribution in [0.25, 0.3) is 0 Å². The second-order valence-electron chi connectivity index (χ2n) is 3.22. The van der Waals surface area contributed by atoms with Crippen molar-refractivity contribution in [2.75, 3.05) is 5.73 Å². The number of hydrogen-bond acceptors (Lipinski definition) is 1. The third kappa shape index (κ3) is 2.17. The summed E-state index contributed by atoms with van der Waals surface area (Å²) in [6.07, 6.45) is 2.72. The minimum atomic E-state index is 0.808. The minimum Gasteiger partial charge on any atom is -0.398 e. The lowest BCUT2D eigenvalue weighted by molar-refractivity contribution is 1.22. The van der Waals surface area contributed by atoms with Gasteiger partial charge < -0.3 is 5.73 Å². The number of rotatable bonds is 2. The molecule has 0 aromatic heterocycles. The quantitative estimate of drug-likeness (QED) is 0.428. The van der Waals surface area contributed by atoms with Gasteiger partial charge in [0, 0.05) is 11.3 Å². The fourth-order valence-electron chi connectivity index (χ4n) is 1.38. The van der Waals surface area contributed by atoms with E-state index in [1.54, 1.807) is 0 Å². The molecule has 0 aliphatic rings. The molecule has 1 nitrogen and oxygen atoms in total. The molecule has 0 heterocycles. The maximum Gasteiger partial charge on any atom is 0.0359 e. The van der Waals surface area contributed by atoms with E-state index in [9.17, 15) is 0 Å². The SMILES string of the molecule is C=CCc1cc(C#CC)cc(N)c1C. The van der Waals surface area contributed by atoms with Crippen molar-refractivity contribution in [3.8, 4) is 11.8 Å². The molecular formula is C13H15N. The average Bonchev–Trinajstić information content (AvgIpc) is 2.14. The first-order chi connectivity index (χ1) is 6.69. The number of benzene rings is 1. The topological polar surface area (TPSA) is 26.0 Å². The molecule has 0 aliphatic heterocycles. The van der Waals surface area contributed by atoms with Gasteiger partial charge in [-0.1, -0.05) is 12.0 Å². The molecule has 0 atom stereocenters. The predicted octanol–water partition coefficient (Wildman–Crippen LogP) is 2.68. The summed E-state index contributed by atoms with van der Waals surface area (Å²) in [5.41, 5.74) is 10.0. The van der Waals surface area contributed by atoms with Crippen molar-refractivity contribution in [2.45, 2.75) is 20.3 Å². The molecule has 0 radical (unpaired) electrons. The summed E-state index contributed by atoms with van der Waals surface area (Å²) in [4.78, 5) is 0. The molecule has 1 aromatic rings. The summed E-state index contributed by atoms with van der Waals surface area (Å²) in [6.45, 7) is 7.57. The number of nitrogens with two attached hydrogens (primary N) is 1. The molecule has 14 heavy (non-hydrogen) atoms. The third-order valence-electron chi connectivity index (χ3n) is 2.19. The van der Waals surface area contributed by atoms with Gasteiger partial charge in [-0.3, -0.25) is 0 Å². The first-order valence-corrected chi connectivity index (χ1v) is 4.61. The summed E-state index contributed by atoms with van der Waals surface area (Å²) in [5, 5.41) is 0. The van der Waals surface area contributed by atoms with Crippen LogP contribution in [-0.2, 0) is 6.42 Å². The Morgan fingerprint density at radius 2 is 2.21 bits per heavy atom. The first kappa shape index (κ1) is 10.4. The van der Waals surface area contributed by atoms with Crippen LogP contribution in [-0.4, -0.2) is 0 Å². The Balaban J connectivity index is 3.24. The highest BCUT2D eigenvalue weighted by Gasteiger charge is 2.02. The number of allylic oxidation sites excluding steroid dienone is 1. The van der Waals surface area contributed by atoms with Crippen LogP contribution in [0.4, 0.5) is 5.69 Å². The Kier molecular flexibility index (Phi) is 3.36. The lowest BCUT2D eigenvalue weighted by Gasteiger charge is -2.07. The van der Waals surface area contributed by atoms with Gasteiger partial charge in [0.1, 0.15) is 0 Å². The standard InChI is InChI=1S/C13H15N/c1-4-6-11-8-12(7-5-2)10(3)13(14)9-11/h5,8-9H,2,7,14H2,1,3H3. The van der Waals surface area contributed by atoms with E-state index < -0.39 is 0 Å². The number of nitrogen functional groups attached to an aromatic ring is 1. The van der Waals surface area contributed by atoms with E-state index in [2.05, 4.69) is 24.5 Å². The van der Waals surface area contributed by atoms with Crippen LogP contribution in [0.1, 0.15) is 23.6 Å². The Morgan fingerprint density at radius 1 is 1.50 bits per heavy atom. The molecule has 0 bridgehead atoms. The summed E-state index contributed by atoms with van der Waals surface area (Å²) in [7, 11) is 0. The highest BCUT2D eigenvalue weighted by Crippen LogP contribution is 2.19. The lowest BCUT2D eigenvalue weighted by Crippen LogP contribution is -1.96. The van der Waals surface area contributed by atoms with Gasteiger partial charge in [-0.25, -0.2) is 0 Å². The van der Waals surface area contributed by atoms with E-state index in [0.29, 0.717) is 0 Å². The molecule has 0 saturated heterocycles. The summed E-state index contributed by atoms with van der Waals surface area (Å²) >= 11 is 0. The fourth-order valence-corrected chi connectivity index (χ4v) is 1.38.